The molecule has 0 bridgehead atoms. The second kappa shape index (κ2) is 5.31. The van der Waals surface area contributed by atoms with Gasteiger partial charge in [0, 0.05) is 5.88 Å². The van der Waals surface area contributed by atoms with Crippen LogP contribution in [0.3, 0.4) is 0 Å². The Balaban J connectivity index is 4.41. The Morgan fingerprint density at radius 1 is 1.21 bits per heavy atom. The zero-order valence-electron chi connectivity index (χ0n) is 9.34. The van der Waals surface area contributed by atoms with Gasteiger partial charge in [0.05, 0.1) is 11.6 Å². The van der Waals surface area contributed by atoms with Crippen molar-refractivity contribution >= 4 is 11.6 Å². The Kier molecular flexibility index (Phi) is 5.07. The summed E-state index contributed by atoms with van der Waals surface area (Å²) < 4.78 is 0. The molecule has 0 rings (SSSR count). The maximum atomic E-state index is 8.96. The summed E-state index contributed by atoms with van der Waals surface area (Å²) in [5.74, 6) is 0.558. The molecule has 0 aliphatic heterocycles. The Morgan fingerprint density at radius 3 is 2.14 bits per heavy atom. The molecular formula is C10H18ClN3. The summed E-state index contributed by atoms with van der Waals surface area (Å²) in [6, 6.07) is 2.17. The number of hydrogen-bond donors (Lipinski definition) is 0. The van der Waals surface area contributed by atoms with E-state index in [1.165, 1.54) is 0 Å². The molecular weight excluding hydrogens is 198 g/mol. The van der Waals surface area contributed by atoms with E-state index in [2.05, 4.69) is 16.3 Å². The molecule has 1 unspecified atom stereocenters. The highest BCUT2D eigenvalue weighted by molar-refractivity contribution is 6.17. The van der Waals surface area contributed by atoms with E-state index in [-0.39, 0.29) is 5.54 Å². The van der Waals surface area contributed by atoms with Crippen LogP contribution >= 0.6 is 11.6 Å². The largest absolute Gasteiger partial charge is 0.196 e. The van der Waals surface area contributed by atoms with E-state index in [4.69, 9.17) is 16.9 Å². The predicted molar refractivity (Wildman–Crippen MR) is 58.6 cm³/mol. The van der Waals surface area contributed by atoms with Crippen LogP contribution in [0.25, 0.3) is 0 Å². The summed E-state index contributed by atoms with van der Waals surface area (Å²) in [4.78, 5) is 0. The monoisotopic (exact) mass is 215 g/mol. The lowest BCUT2D eigenvalue weighted by Gasteiger charge is -2.17. The van der Waals surface area contributed by atoms with Crippen molar-refractivity contribution in [1.82, 2.24) is 0 Å². The molecule has 0 aromatic rings. The van der Waals surface area contributed by atoms with Gasteiger partial charge in [-0.2, -0.15) is 15.5 Å². The highest BCUT2D eigenvalue weighted by Crippen LogP contribution is 2.20. The van der Waals surface area contributed by atoms with Crippen LogP contribution in [0.2, 0.25) is 0 Å². The molecule has 0 aromatic heterocycles. The van der Waals surface area contributed by atoms with Crippen molar-refractivity contribution < 1.29 is 0 Å². The first-order chi connectivity index (χ1) is 6.33. The zero-order valence-corrected chi connectivity index (χ0v) is 10.1. The van der Waals surface area contributed by atoms with Crippen molar-refractivity contribution in [1.29, 1.82) is 5.26 Å². The van der Waals surface area contributed by atoms with Crippen LogP contribution in [-0.4, -0.2) is 17.0 Å². The number of azo groups is 1. The van der Waals surface area contributed by atoms with Gasteiger partial charge in [-0.15, -0.1) is 11.6 Å². The molecule has 0 aliphatic rings. The van der Waals surface area contributed by atoms with Gasteiger partial charge < -0.3 is 0 Å². The normalized spacial score (nSPS) is 16.6. The van der Waals surface area contributed by atoms with Crippen molar-refractivity contribution in [3.8, 4) is 6.07 Å². The van der Waals surface area contributed by atoms with E-state index in [1.54, 1.807) is 6.92 Å². The third-order valence-electron chi connectivity index (χ3n) is 1.61. The average Bonchev–Trinajstić information content (AvgIpc) is 2.10. The average molecular weight is 216 g/mol. The third-order valence-corrected chi connectivity index (χ3v) is 1.88. The van der Waals surface area contributed by atoms with E-state index in [0.29, 0.717) is 12.3 Å². The summed E-state index contributed by atoms with van der Waals surface area (Å²) >= 11 is 5.57. The van der Waals surface area contributed by atoms with Gasteiger partial charge in [0.2, 0.25) is 0 Å². The second-order valence-corrected chi connectivity index (χ2v) is 4.93. The number of alkyl halides is 1. The lowest BCUT2D eigenvalue weighted by atomic mass is 10.00. The van der Waals surface area contributed by atoms with Crippen LogP contribution in [0.1, 0.15) is 40.5 Å². The topological polar surface area (TPSA) is 48.5 Å². The number of nitrogens with zero attached hydrogens (tertiary/aromatic N) is 3. The second-order valence-electron chi connectivity index (χ2n) is 4.55. The van der Waals surface area contributed by atoms with Gasteiger partial charge in [-0.05, 0) is 40.5 Å². The minimum Gasteiger partial charge on any atom is -0.196 e. The SMILES string of the molecule is CC(C)(C)N=NC(C)(C#N)CCCCl. The zero-order chi connectivity index (χ0) is 11.2. The van der Waals surface area contributed by atoms with Crippen molar-refractivity contribution in [3.05, 3.63) is 0 Å². The van der Waals surface area contributed by atoms with E-state index >= 15 is 0 Å². The maximum Gasteiger partial charge on any atom is 0.164 e. The van der Waals surface area contributed by atoms with E-state index in [9.17, 15) is 0 Å². The molecule has 0 spiro atoms. The van der Waals surface area contributed by atoms with Crippen LogP contribution < -0.4 is 0 Å². The molecule has 4 heteroatoms. The highest BCUT2D eigenvalue weighted by Gasteiger charge is 2.23. The van der Waals surface area contributed by atoms with Crippen LogP contribution in [0.5, 0.6) is 0 Å². The summed E-state index contributed by atoms with van der Waals surface area (Å²) in [5, 5.41) is 17.2. The summed E-state index contributed by atoms with van der Waals surface area (Å²) in [6.45, 7) is 7.65. The molecule has 80 valence electrons. The van der Waals surface area contributed by atoms with Crippen molar-refractivity contribution in [2.45, 2.75) is 51.6 Å². The summed E-state index contributed by atoms with van der Waals surface area (Å²) in [7, 11) is 0. The summed E-state index contributed by atoms with van der Waals surface area (Å²) in [5.41, 5.74) is -0.943. The fourth-order valence-corrected chi connectivity index (χ4v) is 0.933. The number of hydrogen-bond acceptors (Lipinski definition) is 3. The van der Waals surface area contributed by atoms with Gasteiger partial charge in [0.15, 0.2) is 5.54 Å². The molecule has 0 heterocycles. The van der Waals surface area contributed by atoms with Gasteiger partial charge in [-0.25, -0.2) is 0 Å². The Morgan fingerprint density at radius 2 is 1.79 bits per heavy atom. The molecule has 0 radical (unpaired) electrons. The van der Waals surface area contributed by atoms with Gasteiger partial charge in [0.25, 0.3) is 0 Å². The lowest BCUT2D eigenvalue weighted by molar-refractivity contribution is 0.455. The predicted octanol–water partition coefficient (Wildman–Crippen LogP) is 3.54. The fraction of sp³-hybridized carbons (Fsp3) is 0.900. The molecule has 0 saturated carbocycles. The first-order valence-electron chi connectivity index (χ1n) is 4.74. The number of rotatable bonds is 4. The smallest absolute Gasteiger partial charge is 0.164 e. The molecule has 0 aliphatic carbocycles. The highest BCUT2D eigenvalue weighted by atomic mass is 35.5. The van der Waals surface area contributed by atoms with E-state index in [0.717, 1.165) is 6.42 Å². The fourth-order valence-electron chi connectivity index (χ4n) is 0.800. The van der Waals surface area contributed by atoms with Gasteiger partial charge in [-0.3, -0.25) is 0 Å². The summed E-state index contributed by atoms with van der Waals surface area (Å²) in [6.07, 6.45) is 1.45. The standard InChI is InChI=1S/C10H18ClN3/c1-9(2,3)13-14-10(4,8-12)6-5-7-11/h5-7H2,1-4H3. The van der Waals surface area contributed by atoms with Crippen LogP contribution in [0.4, 0.5) is 0 Å². The molecule has 3 nitrogen and oxygen atoms in total. The first kappa shape index (κ1) is 13.4. The third kappa shape index (κ3) is 5.93. The molecule has 14 heavy (non-hydrogen) atoms. The van der Waals surface area contributed by atoms with Crippen molar-refractivity contribution in [2.75, 3.05) is 5.88 Å². The molecule has 0 saturated heterocycles. The Bertz CT molecular complexity index is 237. The molecule has 1 atom stereocenters. The number of nitriles is 1. The van der Waals surface area contributed by atoms with Crippen LogP contribution in [0.15, 0.2) is 10.2 Å². The van der Waals surface area contributed by atoms with E-state index < -0.39 is 5.54 Å². The lowest BCUT2D eigenvalue weighted by Crippen LogP contribution is -2.21. The minimum atomic E-state index is -0.720. The Hall–Kier alpha value is -0.620. The minimum absolute atomic E-state index is 0.223. The maximum absolute atomic E-state index is 8.96. The van der Waals surface area contributed by atoms with Crippen LogP contribution in [-0.2, 0) is 0 Å². The number of halogens is 1. The molecule has 0 amide bonds. The van der Waals surface area contributed by atoms with Crippen molar-refractivity contribution in [3.63, 3.8) is 0 Å². The molecule has 0 fully saturated rings. The molecule has 0 N–H and O–H groups in total. The molecule has 0 aromatic carbocycles. The van der Waals surface area contributed by atoms with Crippen LogP contribution in [0, 0.1) is 11.3 Å². The van der Waals surface area contributed by atoms with Gasteiger partial charge in [-0.1, -0.05) is 0 Å². The van der Waals surface area contributed by atoms with Gasteiger partial charge in [0.1, 0.15) is 0 Å². The van der Waals surface area contributed by atoms with E-state index in [1.807, 2.05) is 20.8 Å². The van der Waals surface area contributed by atoms with Gasteiger partial charge >= 0.3 is 0 Å². The quantitative estimate of drug-likeness (QED) is 0.523. The Labute approximate surface area is 91.2 Å². The first-order valence-corrected chi connectivity index (χ1v) is 5.28. The van der Waals surface area contributed by atoms with Crippen molar-refractivity contribution in [2.24, 2.45) is 10.2 Å².